The lowest BCUT2D eigenvalue weighted by Crippen LogP contribution is -2.43. The van der Waals surface area contributed by atoms with Crippen LogP contribution in [-0.2, 0) is 19.6 Å². The molecule has 1 aliphatic rings. The molecule has 1 saturated heterocycles. The van der Waals surface area contributed by atoms with E-state index in [9.17, 15) is 22.4 Å². The zero-order valence-electron chi connectivity index (χ0n) is 18.8. The number of carbonyl (C=O) groups is 2. The molecule has 0 spiro atoms. The van der Waals surface area contributed by atoms with Crippen LogP contribution in [0.25, 0.3) is 11.1 Å². The van der Waals surface area contributed by atoms with E-state index in [0.717, 1.165) is 5.56 Å². The molecule has 0 saturated carbocycles. The van der Waals surface area contributed by atoms with Crippen LogP contribution >= 0.6 is 0 Å². The van der Waals surface area contributed by atoms with Gasteiger partial charge in [-0.1, -0.05) is 30.3 Å². The number of nitrogens with one attached hydrogen (secondary N) is 1. The number of hydrogen-bond acceptors (Lipinski definition) is 5. The number of ether oxygens (including phenoxy) is 1. The van der Waals surface area contributed by atoms with Crippen molar-refractivity contribution in [3.05, 3.63) is 59.4 Å². The Bertz CT molecular complexity index is 1100. The number of benzene rings is 2. The van der Waals surface area contributed by atoms with Crippen LogP contribution in [0.4, 0.5) is 4.39 Å². The van der Waals surface area contributed by atoms with Gasteiger partial charge in [-0.2, -0.15) is 0 Å². The quantitative estimate of drug-likeness (QED) is 0.562. The number of nitrogens with zero attached hydrogens (tertiary/aromatic N) is 1. The minimum absolute atomic E-state index is 0.00807. The largest absolute Gasteiger partial charge is 0.375 e. The van der Waals surface area contributed by atoms with E-state index in [4.69, 9.17) is 4.74 Å². The molecule has 2 aromatic rings. The second kappa shape index (κ2) is 11.0. The zero-order valence-corrected chi connectivity index (χ0v) is 19.7. The Morgan fingerprint density at radius 1 is 1.12 bits per heavy atom. The molecule has 0 aromatic heterocycles. The average Bonchev–Trinajstić information content (AvgIpc) is 2.80. The summed E-state index contributed by atoms with van der Waals surface area (Å²) in [6, 6.07) is 12.4. The van der Waals surface area contributed by atoms with Crippen LogP contribution < -0.4 is 4.72 Å². The Hall–Kier alpha value is -2.62. The van der Waals surface area contributed by atoms with Crippen molar-refractivity contribution in [3.63, 3.8) is 0 Å². The number of halogens is 1. The first kappa shape index (κ1) is 25.0. The van der Waals surface area contributed by atoms with E-state index >= 15 is 0 Å². The van der Waals surface area contributed by atoms with E-state index in [0.29, 0.717) is 37.1 Å². The third kappa shape index (κ3) is 6.69. The fourth-order valence-corrected chi connectivity index (χ4v) is 5.40. The summed E-state index contributed by atoms with van der Waals surface area (Å²) in [6.07, 6.45) is 1.11. The van der Waals surface area contributed by atoms with Crippen LogP contribution in [0.5, 0.6) is 0 Å². The number of piperidine rings is 1. The fourth-order valence-electron chi connectivity index (χ4n) is 3.97. The van der Waals surface area contributed by atoms with Gasteiger partial charge in [0.15, 0.2) is 5.78 Å². The predicted octanol–water partition coefficient (Wildman–Crippen LogP) is 2.79. The number of ketones is 1. The summed E-state index contributed by atoms with van der Waals surface area (Å²) in [5.41, 5.74) is 1.71. The third-order valence-electron chi connectivity index (χ3n) is 5.80. The van der Waals surface area contributed by atoms with Gasteiger partial charge in [-0.15, -0.1) is 0 Å². The summed E-state index contributed by atoms with van der Waals surface area (Å²) in [7, 11) is -2.29. The molecule has 178 valence electrons. The molecule has 0 aliphatic carbocycles. The van der Waals surface area contributed by atoms with Crippen LogP contribution in [-0.4, -0.2) is 64.1 Å². The van der Waals surface area contributed by atoms with E-state index in [-0.39, 0.29) is 29.7 Å². The Labute approximate surface area is 194 Å². The van der Waals surface area contributed by atoms with E-state index in [1.165, 1.54) is 13.2 Å². The van der Waals surface area contributed by atoms with Crippen LogP contribution in [0, 0.1) is 18.7 Å². The van der Waals surface area contributed by atoms with Crippen molar-refractivity contribution in [1.29, 1.82) is 0 Å². The number of likely N-dealkylation sites (tertiary alicyclic amines) is 1. The van der Waals surface area contributed by atoms with E-state index in [1.54, 1.807) is 17.9 Å². The maximum atomic E-state index is 14.7. The SMILES string of the molecule is COCC(=O)N1CCC(CS(=O)(=O)NCC(=O)c2cc(-c3ccccc3)cc(C)c2F)CC1. The molecule has 0 bridgehead atoms. The third-order valence-corrected chi connectivity index (χ3v) is 7.30. The highest BCUT2D eigenvalue weighted by molar-refractivity contribution is 7.89. The normalized spacial score (nSPS) is 14.9. The number of aryl methyl sites for hydroxylation is 1. The van der Waals surface area contributed by atoms with Crippen molar-refractivity contribution in [3.8, 4) is 11.1 Å². The van der Waals surface area contributed by atoms with Gasteiger partial charge in [0.1, 0.15) is 12.4 Å². The first-order valence-electron chi connectivity index (χ1n) is 10.8. The lowest BCUT2D eigenvalue weighted by atomic mass is 9.98. The molecular formula is C24H29FN2O5S. The fraction of sp³-hybridized carbons (Fsp3) is 0.417. The molecule has 7 nitrogen and oxygen atoms in total. The Morgan fingerprint density at radius 2 is 1.79 bits per heavy atom. The first-order chi connectivity index (χ1) is 15.7. The molecule has 1 amide bonds. The average molecular weight is 477 g/mol. The number of rotatable bonds is 9. The standard InChI is InChI=1S/C24H29FN2O5S/c1-17-12-20(19-6-4-3-5-7-19)13-21(24(17)25)22(28)14-26-33(30,31)16-18-8-10-27(11-9-18)23(29)15-32-2/h3-7,12-13,18,26H,8-11,14-16H2,1-2H3. The Morgan fingerprint density at radius 3 is 2.42 bits per heavy atom. The molecule has 1 fully saturated rings. The second-order valence-corrected chi connectivity index (χ2v) is 10.2. The molecule has 1 aliphatic heterocycles. The summed E-state index contributed by atoms with van der Waals surface area (Å²) in [6.45, 7) is 2.01. The Balaban J connectivity index is 1.60. The molecule has 0 atom stereocenters. The molecule has 9 heteroatoms. The highest BCUT2D eigenvalue weighted by Gasteiger charge is 2.27. The van der Waals surface area contributed by atoms with Crippen molar-refractivity contribution in [1.82, 2.24) is 9.62 Å². The minimum atomic E-state index is -3.74. The van der Waals surface area contributed by atoms with Gasteiger partial charge in [0, 0.05) is 20.2 Å². The van der Waals surface area contributed by atoms with E-state index < -0.39 is 28.2 Å². The molecule has 3 rings (SSSR count). The van der Waals surface area contributed by atoms with Crippen molar-refractivity contribution >= 4 is 21.7 Å². The highest BCUT2D eigenvalue weighted by atomic mass is 32.2. The van der Waals surface area contributed by atoms with Gasteiger partial charge in [-0.3, -0.25) is 9.59 Å². The van der Waals surface area contributed by atoms with Crippen LogP contribution in [0.1, 0.15) is 28.8 Å². The van der Waals surface area contributed by atoms with Crippen LogP contribution in [0.15, 0.2) is 42.5 Å². The van der Waals surface area contributed by atoms with Gasteiger partial charge < -0.3 is 9.64 Å². The Kier molecular flexibility index (Phi) is 8.34. The monoisotopic (exact) mass is 476 g/mol. The maximum absolute atomic E-state index is 14.7. The summed E-state index contributed by atoms with van der Waals surface area (Å²) in [4.78, 5) is 26.2. The molecule has 0 radical (unpaired) electrons. The zero-order chi connectivity index (χ0) is 24.0. The van der Waals surface area contributed by atoms with Gasteiger partial charge in [0.25, 0.3) is 0 Å². The van der Waals surface area contributed by atoms with E-state index in [1.807, 2.05) is 30.3 Å². The number of amides is 1. The first-order valence-corrected chi connectivity index (χ1v) is 12.5. The van der Waals surface area contributed by atoms with Crippen molar-refractivity contribution in [2.45, 2.75) is 19.8 Å². The smallest absolute Gasteiger partial charge is 0.248 e. The van der Waals surface area contributed by atoms with Gasteiger partial charge in [-0.05, 0) is 54.5 Å². The number of methoxy groups -OCH3 is 1. The predicted molar refractivity (Wildman–Crippen MR) is 124 cm³/mol. The maximum Gasteiger partial charge on any atom is 0.248 e. The molecule has 2 aromatic carbocycles. The molecule has 33 heavy (non-hydrogen) atoms. The topological polar surface area (TPSA) is 92.8 Å². The molecule has 1 N–H and O–H groups in total. The molecule has 1 heterocycles. The van der Waals surface area contributed by atoms with Gasteiger partial charge in [-0.25, -0.2) is 17.5 Å². The van der Waals surface area contributed by atoms with E-state index in [2.05, 4.69) is 4.72 Å². The summed E-state index contributed by atoms with van der Waals surface area (Å²) >= 11 is 0. The minimum Gasteiger partial charge on any atom is -0.375 e. The molecular weight excluding hydrogens is 447 g/mol. The highest BCUT2D eigenvalue weighted by Crippen LogP contribution is 2.25. The summed E-state index contributed by atoms with van der Waals surface area (Å²) in [5, 5.41) is 0. The van der Waals surface area contributed by atoms with Gasteiger partial charge >= 0.3 is 0 Å². The lowest BCUT2D eigenvalue weighted by Gasteiger charge is -2.31. The number of Topliss-reactive ketones (excluding diaryl/α,β-unsaturated/α-hetero) is 1. The number of hydrogen-bond donors (Lipinski definition) is 1. The number of sulfonamides is 1. The van der Waals surface area contributed by atoms with Gasteiger partial charge in [0.2, 0.25) is 15.9 Å². The second-order valence-electron chi connectivity index (χ2n) is 8.30. The number of carbonyl (C=O) groups excluding carboxylic acids is 2. The van der Waals surface area contributed by atoms with Crippen molar-refractivity contribution < 1.29 is 27.1 Å². The van der Waals surface area contributed by atoms with Crippen LogP contribution in [0.2, 0.25) is 0 Å². The van der Waals surface area contributed by atoms with Crippen molar-refractivity contribution in [2.24, 2.45) is 5.92 Å². The summed E-state index contributed by atoms with van der Waals surface area (Å²) < 4.78 is 46.9. The molecule has 0 unspecified atom stereocenters. The van der Waals surface area contributed by atoms with Crippen molar-refractivity contribution in [2.75, 3.05) is 39.1 Å². The summed E-state index contributed by atoms with van der Waals surface area (Å²) in [5.74, 6) is -1.65. The van der Waals surface area contributed by atoms with Gasteiger partial charge in [0.05, 0.1) is 17.9 Å². The van der Waals surface area contributed by atoms with Crippen LogP contribution in [0.3, 0.4) is 0 Å². The lowest BCUT2D eigenvalue weighted by molar-refractivity contribution is -0.136.